The van der Waals surface area contributed by atoms with Crippen LogP contribution in [0, 0.1) is 0 Å². The van der Waals surface area contributed by atoms with Crippen molar-refractivity contribution in [3.63, 3.8) is 0 Å². The summed E-state index contributed by atoms with van der Waals surface area (Å²) in [7, 11) is 0. The molecule has 0 unspecified atom stereocenters. The first-order valence-corrected chi connectivity index (χ1v) is 17.2. The molecule has 48 heavy (non-hydrogen) atoms. The summed E-state index contributed by atoms with van der Waals surface area (Å²) in [5.41, 5.74) is 10.6. The van der Waals surface area contributed by atoms with Crippen molar-refractivity contribution in [2.24, 2.45) is 0 Å². The monoisotopic (exact) mass is 629 g/mol. The SMILES string of the molecule is c1ccc(-c2ccc(-c3cccc(N(c4ccccc4)c4ccc(-c5ccc6cc7sc8ccccc8c7cc6c5)cc4)c3)cc2)cc1. The minimum absolute atomic E-state index is 1.12. The average Bonchev–Trinajstić information content (AvgIpc) is 3.52. The van der Waals surface area contributed by atoms with Gasteiger partial charge >= 0.3 is 0 Å². The second-order valence-electron chi connectivity index (χ2n) is 12.2. The Kier molecular flexibility index (Phi) is 7.07. The van der Waals surface area contributed by atoms with E-state index in [0.29, 0.717) is 0 Å². The van der Waals surface area contributed by atoms with E-state index in [2.05, 4.69) is 193 Å². The molecule has 0 fully saturated rings. The zero-order chi connectivity index (χ0) is 31.9. The van der Waals surface area contributed by atoms with Gasteiger partial charge in [-0.05, 0) is 105 Å². The predicted octanol–water partition coefficient (Wildman–Crippen LogP) is 13.7. The highest BCUT2D eigenvalue weighted by atomic mass is 32.1. The number of fused-ring (bicyclic) bond motifs is 4. The Labute approximate surface area is 284 Å². The van der Waals surface area contributed by atoms with E-state index in [1.54, 1.807) is 0 Å². The number of benzene rings is 8. The molecule has 2 heteroatoms. The summed E-state index contributed by atoms with van der Waals surface area (Å²) in [6, 6.07) is 68.1. The lowest BCUT2D eigenvalue weighted by Gasteiger charge is -2.26. The molecule has 9 rings (SSSR count). The molecule has 0 radical (unpaired) electrons. The first-order valence-electron chi connectivity index (χ1n) is 16.3. The fourth-order valence-electron chi connectivity index (χ4n) is 6.79. The minimum atomic E-state index is 1.12. The normalized spacial score (nSPS) is 11.3. The molecule has 0 aliphatic rings. The van der Waals surface area contributed by atoms with Gasteiger partial charge in [0.05, 0.1) is 0 Å². The highest BCUT2D eigenvalue weighted by Gasteiger charge is 2.14. The van der Waals surface area contributed by atoms with Crippen molar-refractivity contribution in [2.75, 3.05) is 4.90 Å². The number of rotatable bonds is 6. The third kappa shape index (κ3) is 5.23. The zero-order valence-electron chi connectivity index (χ0n) is 26.3. The highest BCUT2D eigenvalue weighted by Crippen LogP contribution is 2.39. The number of nitrogens with zero attached hydrogens (tertiary/aromatic N) is 1. The van der Waals surface area contributed by atoms with Crippen LogP contribution >= 0.6 is 11.3 Å². The molecule has 1 nitrogen and oxygen atoms in total. The molecule has 9 aromatic rings. The average molecular weight is 630 g/mol. The molecule has 0 aliphatic carbocycles. The van der Waals surface area contributed by atoms with Crippen LogP contribution in [0.2, 0.25) is 0 Å². The van der Waals surface area contributed by atoms with Crippen LogP contribution in [0.4, 0.5) is 17.1 Å². The predicted molar refractivity (Wildman–Crippen MR) is 208 cm³/mol. The molecule has 0 N–H and O–H groups in total. The Bertz CT molecular complexity index is 2530. The van der Waals surface area contributed by atoms with E-state index in [4.69, 9.17) is 0 Å². The lowest BCUT2D eigenvalue weighted by Crippen LogP contribution is -2.09. The number of hydrogen-bond acceptors (Lipinski definition) is 2. The molecule has 226 valence electrons. The fourth-order valence-corrected chi connectivity index (χ4v) is 7.92. The van der Waals surface area contributed by atoms with Gasteiger partial charge in [0.2, 0.25) is 0 Å². The van der Waals surface area contributed by atoms with Crippen LogP contribution < -0.4 is 4.90 Å². The summed E-state index contributed by atoms with van der Waals surface area (Å²) >= 11 is 1.87. The molecule has 0 spiro atoms. The lowest BCUT2D eigenvalue weighted by molar-refractivity contribution is 1.28. The van der Waals surface area contributed by atoms with E-state index in [0.717, 1.165) is 17.1 Å². The van der Waals surface area contributed by atoms with Gasteiger partial charge in [0.1, 0.15) is 0 Å². The van der Waals surface area contributed by atoms with Crippen LogP contribution in [-0.2, 0) is 0 Å². The van der Waals surface area contributed by atoms with Gasteiger partial charge in [-0.25, -0.2) is 0 Å². The molecular formula is C46H31NS. The van der Waals surface area contributed by atoms with Gasteiger partial charge in [0.15, 0.2) is 0 Å². The molecule has 1 aromatic heterocycles. The van der Waals surface area contributed by atoms with Gasteiger partial charge in [0.25, 0.3) is 0 Å². The van der Waals surface area contributed by atoms with E-state index in [-0.39, 0.29) is 0 Å². The van der Waals surface area contributed by atoms with Crippen LogP contribution in [0.3, 0.4) is 0 Å². The Morgan fingerprint density at radius 2 is 0.833 bits per heavy atom. The van der Waals surface area contributed by atoms with Crippen LogP contribution in [-0.4, -0.2) is 0 Å². The first-order chi connectivity index (χ1) is 23.8. The number of para-hydroxylation sites is 1. The molecular weight excluding hydrogens is 599 g/mol. The maximum atomic E-state index is 2.36. The van der Waals surface area contributed by atoms with Gasteiger partial charge in [-0.1, -0.05) is 127 Å². The largest absolute Gasteiger partial charge is 0.310 e. The molecule has 0 saturated heterocycles. The van der Waals surface area contributed by atoms with E-state index in [1.165, 1.54) is 64.3 Å². The van der Waals surface area contributed by atoms with Gasteiger partial charge < -0.3 is 4.90 Å². The Hall–Kier alpha value is -5.96. The molecule has 0 atom stereocenters. The van der Waals surface area contributed by atoms with Gasteiger partial charge in [-0.15, -0.1) is 11.3 Å². The van der Waals surface area contributed by atoms with E-state index in [1.807, 2.05) is 11.3 Å². The summed E-state index contributed by atoms with van der Waals surface area (Å²) in [6.45, 7) is 0. The fraction of sp³-hybridized carbons (Fsp3) is 0. The molecule has 0 saturated carbocycles. The molecule has 8 aromatic carbocycles. The van der Waals surface area contributed by atoms with Crippen molar-refractivity contribution >= 4 is 59.3 Å². The van der Waals surface area contributed by atoms with Crippen molar-refractivity contribution < 1.29 is 0 Å². The second kappa shape index (κ2) is 12.0. The first kappa shape index (κ1) is 28.3. The van der Waals surface area contributed by atoms with Crippen LogP contribution in [0.1, 0.15) is 0 Å². The standard InChI is InChI=1S/C46H31NS/c1-3-10-32(11-4-1)33-18-20-34(21-19-33)36-12-9-15-42(29-36)47(40-13-5-2-6-14-40)41-26-24-35(25-27-41)37-22-23-38-31-46-44(30-39(38)28-37)43-16-7-8-17-45(43)48-46/h1-31H. The van der Waals surface area contributed by atoms with Gasteiger partial charge in [0, 0.05) is 37.2 Å². The summed E-state index contributed by atoms with van der Waals surface area (Å²) in [5, 5.41) is 5.22. The zero-order valence-corrected chi connectivity index (χ0v) is 27.1. The van der Waals surface area contributed by atoms with Crippen LogP contribution in [0.25, 0.3) is 64.3 Å². The second-order valence-corrected chi connectivity index (χ2v) is 13.3. The Morgan fingerprint density at radius 1 is 0.292 bits per heavy atom. The molecule has 1 heterocycles. The Balaban J connectivity index is 1.06. The maximum Gasteiger partial charge on any atom is 0.0467 e. The van der Waals surface area contributed by atoms with Crippen molar-refractivity contribution in [3.8, 4) is 33.4 Å². The number of thiophene rings is 1. The summed E-state index contributed by atoms with van der Waals surface area (Å²) in [5.74, 6) is 0. The molecule has 0 aliphatic heterocycles. The van der Waals surface area contributed by atoms with E-state index < -0.39 is 0 Å². The molecule has 0 bridgehead atoms. The number of hydrogen-bond donors (Lipinski definition) is 0. The molecule has 0 amide bonds. The van der Waals surface area contributed by atoms with Crippen LogP contribution in [0.5, 0.6) is 0 Å². The maximum absolute atomic E-state index is 2.36. The van der Waals surface area contributed by atoms with Crippen molar-refractivity contribution in [3.05, 3.63) is 188 Å². The lowest BCUT2D eigenvalue weighted by atomic mass is 9.99. The quantitative estimate of drug-likeness (QED) is 0.177. The minimum Gasteiger partial charge on any atom is -0.310 e. The third-order valence-electron chi connectivity index (χ3n) is 9.24. The summed E-state index contributed by atoms with van der Waals surface area (Å²) in [4.78, 5) is 2.34. The van der Waals surface area contributed by atoms with Crippen molar-refractivity contribution in [1.29, 1.82) is 0 Å². The van der Waals surface area contributed by atoms with Crippen LogP contribution in [0.15, 0.2) is 188 Å². The topological polar surface area (TPSA) is 3.24 Å². The van der Waals surface area contributed by atoms with E-state index in [9.17, 15) is 0 Å². The third-order valence-corrected chi connectivity index (χ3v) is 10.4. The van der Waals surface area contributed by atoms with E-state index >= 15 is 0 Å². The van der Waals surface area contributed by atoms with Crippen molar-refractivity contribution in [1.82, 2.24) is 0 Å². The van der Waals surface area contributed by atoms with Gasteiger partial charge in [-0.2, -0.15) is 0 Å². The van der Waals surface area contributed by atoms with Gasteiger partial charge in [-0.3, -0.25) is 0 Å². The number of anilines is 3. The smallest absolute Gasteiger partial charge is 0.0467 e. The summed E-state index contributed by atoms with van der Waals surface area (Å²) in [6.07, 6.45) is 0. The Morgan fingerprint density at radius 3 is 1.60 bits per heavy atom. The highest BCUT2D eigenvalue weighted by molar-refractivity contribution is 7.25. The van der Waals surface area contributed by atoms with Crippen molar-refractivity contribution in [2.45, 2.75) is 0 Å². The summed E-state index contributed by atoms with van der Waals surface area (Å²) < 4.78 is 2.68.